The van der Waals surface area contributed by atoms with Gasteiger partial charge < -0.3 is 11.1 Å². The van der Waals surface area contributed by atoms with Crippen LogP contribution in [0, 0.1) is 0 Å². The van der Waals surface area contributed by atoms with Crippen LogP contribution in [0.15, 0.2) is 24.3 Å². The van der Waals surface area contributed by atoms with Gasteiger partial charge in [0.15, 0.2) is 5.69 Å². The van der Waals surface area contributed by atoms with Crippen LogP contribution in [-0.2, 0) is 12.8 Å². The number of benzene rings is 1. The molecule has 1 heterocycles. The molecule has 2 rings (SSSR count). The molecule has 0 saturated carbocycles. The van der Waals surface area contributed by atoms with Crippen molar-refractivity contribution in [1.82, 2.24) is 10.2 Å². The number of aryl methyl sites for hydroxylation is 2. The second-order valence-corrected chi connectivity index (χ2v) is 4.68. The number of nitrogens with zero attached hydrogens (tertiary/aromatic N) is 1. The summed E-state index contributed by atoms with van der Waals surface area (Å²) >= 11 is 0. The van der Waals surface area contributed by atoms with Crippen LogP contribution in [0.4, 0.5) is 11.4 Å². The van der Waals surface area contributed by atoms with Crippen LogP contribution in [0.5, 0.6) is 0 Å². The number of nitrogens with one attached hydrogen (secondary N) is 2. The summed E-state index contributed by atoms with van der Waals surface area (Å²) in [5.41, 5.74) is 9.32. The number of amides is 1. The molecular weight excluding hydrogens is 252 g/mol. The van der Waals surface area contributed by atoms with Crippen LogP contribution in [0.3, 0.4) is 0 Å². The average Bonchev–Trinajstić information content (AvgIpc) is 2.82. The SMILES string of the molecule is CCCc1ccccc1NC(=O)c1n[nH]c(CC)c1N. The maximum absolute atomic E-state index is 12.2. The van der Waals surface area contributed by atoms with E-state index in [1.165, 1.54) is 0 Å². The molecule has 0 unspecified atom stereocenters. The quantitative estimate of drug-likeness (QED) is 0.782. The molecule has 5 heteroatoms. The smallest absolute Gasteiger partial charge is 0.278 e. The Kier molecular flexibility index (Phi) is 4.40. The zero-order valence-electron chi connectivity index (χ0n) is 11.9. The molecule has 5 nitrogen and oxygen atoms in total. The van der Waals surface area contributed by atoms with Gasteiger partial charge in [0.25, 0.3) is 5.91 Å². The van der Waals surface area contributed by atoms with Gasteiger partial charge in [0.1, 0.15) is 0 Å². The number of hydrogen-bond donors (Lipinski definition) is 3. The zero-order chi connectivity index (χ0) is 14.5. The summed E-state index contributed by atoms with van der Waals surface area (Å²) < 4.78 is 0. The number of rotatable bonds is 5. The van der Waals surface area contributed by atoms with Crippen molar-refractivity contribution in [3.63, 3.8) is 0 Å². The van der Waals surface area contributed by atoms with Crippen LogP contribution < -0.4 is 11.1 Å². The third kappa shape index (κ3) is 2.82. The second kappa shape index (κ2) is 6.23. The first kappa shape index (κ1) is 14.1. The largest absolute Gasteiger partial charge is 0.395 e. The highest BCUT2D eigenvalue weighted by Crippen LogP contribution is 2.20. The van der Waals surface area contributed by atoms with E-state index in [1.54, 1.807) is 0 Å². The minimum atomic E-state index is -0.276. The summed E-state index contributed by atoms with van der Waals surface area (Å²) in [6.07, 6.45) is 2.67. The van der Waals surface area contributed by atoms with E-state index in [9.17, 15) is 4.79 Å². The first-order chi connectivity index (χ1) is 9.67. The van der Waals surface area contributed by atoms with E-state index in [2.05, 4.69) is 22.4 Å². The number of carbonyl (C=O) groups excluding carboxylic acids is 1. The van der Waals surface area contributed by atoms with Gasteiger partial charge in [-0.25, -0.2) is 0 Å². The predicted octanol–water partition coefficient (Wildman–Crippen LogP) is 2.76. The van der Waals surface area contributed by atoms with Crippen molar-refractivity contribution in [2.24, 2.45) is 0 Å². The van der Waals surface area contributed by atoms with E-state index in [1.807, 2.05) is 31.2 Å². The van der Waals surface area contributed by atoms with E-state index in [0.717, 1.165) is 36.2 Å². The topological polar surface area (TPSA) is 83.8 Å². The van der Waals surface area contributed by atoms with E-state index in [-0.39, 0.29) is 11.6 Å². The van der Waals surface area contributed by atoms with Gasteiger partial charge in [0.05, 0.1) is 11.4 Å². The maximum atomic E-state index is 12.2. The van der Waals surface area contributed by atoms with Crippen LogP contribution in [0.2, 0.25) is 0 Å². The van der Waals surface area contributed by atoms with Crippen molar-refractivity contribution in [3.05, 3.63) is 41.2 Å². The lowest BCUT2D eigenvalue weighted by Crippen LogP contribution is -2.15. The fourth-order valence-corrected chi connectivity index (χ4v) is 2.14. The molecule has 0 aliphatic heterocycles. The molecule has 1 aromatic carbocycles. The highest BCUT2D eigenvalue weighted by molar-refractivity contribution is 6.06. The van der Waals surface area contributed by atoms with Gasteiger partial charge in [-0.1, -0.05) is 38.5 Å². The highest BCUT2D eigenvalue weighted by atomic mass is 16.2. The standard InChI is InChI=1S/C15H20N4O/c1-3-7-10-8-5-6-9-12(10)17-15(20)14-13(16)11(4-2)18-19-14/h5-6,8-9H,3-4,7,16H2,1-2H3,(H,17,20)(H,18,19). The molecule has 0 aliphatic carbocycles. The number of aromatic amines is 1. The highest BCUT2D eigenvalue weighted by Gasteiger charge is 2.17. The van der Waals surface area contributed by atoms with Gasteiger partial charge in [-0.3, -0.25) is 9.89 Å². The molecule has 2 aromatic rings. The first-order valence-electron chi connectivity index (χ1n) is 6.89. The Morgan fingerprint density at radius 2 is 2.10 bits per heavy atom. The number of hydrogen-bond acceptors (Lipinski definition) is 3. The molecule has 1 amide bonds. The first-order valence-corrected chi connectivity index (χ1v) is 6.89. The Hall–Kier alpha value is -2.30. The molecule has 0 aliphatic rings. The number of aromatic nitrogens is 2. The van der Waals surface area contributed by atoms with Gasteiger partial charge in [0, 0.05) is 5.69 Å². The fraction of sp³-hybridized carbons (Fsp3) is 0.333. The van der Waals surface area contributed by atoms with Crippen molar-refractivity contribution < 1.29 is 4.79 Å². The van der Waals surface area contributed by atoms with Crippen LogP contribution in [-0.4, -0.2) is 16.1 Å². The molecule has 0 fully saturated rings. The number of H-pyrrole nitrogens is 1. The number of para-hydroxylation sites is 1. The monoisotopic (exact) mass is 272 g/mol. The minimum absolute atomic E-state index is 0.258. The summed E-state index contributed by atoms with van der Waals surface area (Å²) in [6.45, 7) is 4.07. The molecular formula is C15H20N4O. The molecule has 20 heavy (non-hydrogen) atoms. The maximum Gasteiger partial charge on any atom is 0.278 e. The Balaban J connectivity index is 2.21. The predicted molar refractivity (Wildman–Crippen MR) is 80.8 cm³/mol. The van der Waals surface area contributed by atoms with E-state index < -0.39 is 0 Å². The van der Waals surface area contributed by atoms with Crippen molar-refractivity contribution >= 4 is 17.3 Å². The van der Waals surface area contributed by atoms with Crippen LogP contribution in [0.25, 0.3) is 0 Å². The molecule has 4 N–H and O–H groups in total. The lowest BCUT2D eigenvalue weighted by molar-refractivity contribution is 0.102. The lowest BCUT2D eigenvalue weighted by atomic mass is 10.1. The third-order valence-electron chi connectivity index (χ3n) is 3.24. The Morgan fingerprint density at radius 1 is 1.35 bits per heavy atom. The summed E-state index contributed by atoms with van der Waals surface area (Å²) in [4.78, 5) is 12.2. The summed E-state index contributed by atoms with van der Waals surface area (Å²) in [5.74, 6) is -0.276. The molecule has 106 valence electrons. The third-order valence-corrected chi connectivity index (χ3v) is 3.24. The van der Waals surface area contributed by atoms with Gasteiger partial charge in [-0.05, 0) is 24.5 Å². The molecule has 0 bridgehead atoms. The Bertz CT molecular complexity index is 604. The molecule has 0 atom stereocenters. The van der Waals surface area contributed by atoms with Gasteiger partial charge in [-0.15, -0.1) is 0 Å². The zero-order valence-corrected chi connectivity index (χ0v) is 11.9. The molecule has 1 aromatic heterocycles. The fourth-order valence-electron chi connectivity index (χ4n) is 2.14. The second-order valence-electron chi connectivity index (χ2n) is 4.68. The normalized spacial score (nSPS) is 10.5. The van der Waals surface area contributed by atoms with Crippen LogP contribution in [0.1, 0.15) is 42.0 Å². The Labute approximate surface area is 118 Å². The molecule has 0 radical (unpaired) electrons. The van der Waals surface area contributed by atoms with E-state index >= 15 is 0 Å². The minimum Gasteiger partial charge on any atom is -0.395 e. The number of carbonyl (C=O) groups is 1. The lowest BCUT2D eigenvalue weighted by Gasteiger charge is -2.09. The van der Waals surface area contributed by atoms with Crippen molar-refractivity contribution in [2.45, 2.75) is 33.1 Å². The van der Waals surface area contributed by atoms with Gasteiger partial charge in [-0.2, -0.15) is 5.10 Å². The number of nitrogen functional groups attached to an aromatic ring is 1. The van der Waals surface area contributed by atoms with E-state index in [0.29, 0.717) is 5.69 Å². The molecule has 0 spiro atoms. The van der Waals surface area contributed by atoms with E-state index in [4.69, 9.17) is 5.73 Å². The molecule has 0 saturated heterocycles. The van der Waals surface area contributed by atoms with Crippen molar-refractivity contribution in [1.29, 1.82) is 0 Å². The summed E-state index contributed by atoms with van der Waals surface area (Å²) in [5, 5.41) is 9.68. The van der Waals surface area contributed by atoms with Crippen molar-refractivity contribution in [2.75, 3.05) is 11.1 Å². The average molecular weight is 272 g/mol. The van der Waals surface area contributed by atoms with Crippen LogP contribution >= 0.6 is 0 Å². The number of nitrogens with two attached hydrogens (primary N) is 1. The summed E-state index contributed by atoms with van der Waals surface area (Å²) in [7, 11) is 0. The van der Waals surface area contributed by atoms with Crippen molar-refractivity contribution in [3.8, 4) is 0 Å². The Morgan fingerprint density at radius 3 is 2.75 bits per heavy atom. The summed E-state index contributed by atoms with van der Waals surface area (Å²) in [6, 6.07) is 7.79. The van der Waals surface area contributed by atoms with Gasteiger partial charge >= 0.3 is 0 Å². The number of anilines is 2. The van der Waals surface area contributed by atoms with Gasteiger partial charge in [0.2, 0.25) is 0 Å².